The number of rotatable bonds is 4. The van der Waals surface area contributed by atoms with Gasteiger partial charge in [0.2, 0.25) is 0 Å². The number of aliphatic hydroxyl groups is 1. The summed E-state index contributed by atoms with van der Waals surface area (Å²) in [6.45, 7) is 4.42. The molecule has 13 heavy (non-hydrogen) atoms. The molecule has 0 aromatic carbocycles. The Bertz CT molecular complexity index is 144. The van der Waals surface area contributed by atoms with Crippen LogP contribution in [0, 0.1) is 5.92 Å². The first-order valence-corrected chi connectivity index (χ1v) is 5.95. The van der Waals surface area contributed by atoms with Gasteiger partial charge >= 0.3 is 0 Å². The van der Waals surface area contributed by atoms with Gasteiger partial charge in [0.05, 0.1) is 5.60 Å². The summed E-state index contributed by atoms with van der Waals surface area (Å²) in [7, 11) is 0. The highest BCUT2D eigenvalue weighted by Gasteiger charge is 2.36. The SMILES string of the molecule is CCCCC1(O)CCCCC1CC. The Kier molecular flexibility index (Phi) is 4.24. The average molecular weight is 184 g/mol. The summed E-state index contributed by atoms with van der Waals surface area (Å²) < 4.78 is 0. The van der Waals surface area contributed by atoms with Crippen LogP contribution in [0.2, 0.25) is 0 Å². The highest BCUT2D eigenvalue weighted by Crippen LogP contribution is 2.39. The molecule has 0 heterocycles. The average Bonchev–Trinajstić information content (AvgIpc) is 2.16. The van der Waals surface area contributed by atoms with Crippen molar-refractivity contribution >= 4 is 0 Å². The fraction of sp³-hybridized carbons (Fsp3) is 1.00. The minimum Gasteiger partial charge on any atom is -0.390 e. The van der Waals surface area contributed by atoms with Crippen molar-refractivity contribution in [3.05, 3.63) is 0 Å². The topological polar surface area (TPSA) is 20.2 Å². The summed E-state index contributed by atoms with van der Waals surface area (Å²) in [6.07, 6.45) is 9.43. The maximum atomic E-state index is 10.5. The van der Waals surface area contributed by atoms with Gasteiger partial charge in [-0.3, -0.25) is 0 Å². The van der Waals surface area contributed by atoms with Crippen LogP contribution < -0.4 is 0 Å². The zero-order valence-electron chi connectivity index (χ0n) is 9.18. The summed E-state index contributed by atoms with van der Waals surface area (Å²) >= 11 is 0. The van der Waals surface area contributed by atoms with Crippen LogP contribution in [0.5, 0.6) is 0 Å². The Morgan fingerprint density at radius 2 is 2.08 bits per heavy atom. The molecule has 0 aromatic heterocycles. The van der Waals surface area contributed by atoms with Gasteiger partial charge < -0.3 is 5.11 Å². The molecule has 1 aliphatic rings. The molecule has 2 atom stereocenters. The lowest BCUT2D eigenvalue weighted by molar-refractivity contribution is -0.0576. The highest BCUT2D eigenvalue weighted by molar-refractivity contribution is 4.88. The maximum Gasteiger partial charge on any atom is 0.0675 e. The lowest BCUT2D eigenvalue weighted by Gasteiger charge is -2.40. The molecule has 0 aromatic rings. The molecule has 1 N–H and O–H groups in total. The van der Waals surface area contributed by atoms with Crippen molar-refractivity contribution in [2.45, 2.75) is 70.8 Å². The smallest absolute Gasteiger partial charge is 0.0675 e. The Morgan fingerprint density at radius 3 is 2.69 bits per heavy atom. The normalized spacial score (nSPS) is 34.8. The summed E-state index contributed by atoms with van der Waals surface area (Å²) in [5.41, 5.74) is -0.303. The summed E-state index contributed by atoms with van der Waals surface area (Å²) in [5, 5.41) is 10.5. The summed E-state index contributed by atoms with van der Waals surface area (Å²) in [5.74, 6) is 0.577. The Balaban J connectivity index is 2.49. The van der Waals surface area contributed by atoms with E-state index in [1.165, 1.54) is 32.1 Å². The molecule has 1 nitrogen and oxygen atoms in total. The van der Waals surface area contributed by atoms with E-state index >= 15 is 0 Å². The lowest BCUT2D eigenvalue weighted by atomic mass is 9.72. The van der Waals surface area contributed by atoms with Crippen molar-refractivity contribution in [3.8, 4) is 0 Å². The van der Waals surface area contributed by atoms with Crippen LogP contribution in [0.4, 0.5) is 0 Å². The Morgan fingerprint density at radius 1 is 1.31 bits per heavy atom. The first-order chi connectivity index (χ1) is 6.23. The van der Waals surface area contributed by atoms with Gasteiger partial charge in [-0.15, -0.1) is 0 Å². The zero-order chi connectivity index (χ0) is 9.73. The summed E-state index contributed by atoms with van der Waals surface area (Å²) in [4.78, 5) is 0. The van der Waals surface area contributed by atoms with Crippen molar-refractivity contribution in [1.29, 1.82) is 0 Å². The quantitative estimate of drug-likeness (QED) is 0.709. The van der Waals surface area contributed by atoms with Crippen LogP contribution >= 0.6 is 0 Å². The zero-order valence-corrected chi connectivity index (χ0v) is 9.18. The molecule has 2 unspecified atom stereocenters. The molecule has 1 rings (SSSR count). The van der Waals surface area contributed by atoms with Gasteiger partial charge in [0.1, 0.15) is 0 Å². The number of hydrogen-bond donors (Lipinski definition) is 1. The maximum absolute atomic E-state index is 10.5. The van der Waals surface area contributed by atoms with Gasteiger partial charge in [-0.05, 0) is 25.2 Å². The van der Waals surface area contributed by atoms with E-state index in [9.17, 15) is 5.11 Å². The molecule has 0 aliphatic heterocycles. The molecule has 0 radical (unpaired) electrons. The number of unbranched alkanes of at least 4 members (excludes halogenated alkanes) is 1. The fourth-order valence-corrected chi connectivity index (χ4v) is 2.69. The molecule has 0 saturated heterocycles. The molecule has 0 amide bonds. The van der Waals surface area contributed by atoms with Crippen LogP contribution in [0.3, 0.4) is 0 Å². The Hall–Kier alpha value is -0.0400. The third kappa shape index (κ3) is 2.70. The second-order valence-electron chi connectivity index (χ2n) is 4.56. The second kappa shape index (κ2) is 4.99. The molecule has 1 saturated carbocycles. The van der Waals surface area contributed by atoms with E-state index in [4.69, 9.17) is 0 Å². The van der Waals surface area contributed by atoms with Gasteiger partial charge in [-0.1, -0.05) is 46.0 Å². The molecule has 78 valence electrons. The summed E-state index contributed by atoms with van der Waals surface area (Å²) in [6, 6.07) is 0. The van der Waals surface area contributed by atoms with Crippen LogP contribution in [0.25, 0.3) is 0 Å². The van der Waals surface area contributed by atoms with E-state index < -0.39 is 0 Å². The van der Waals surface area contributed by atoms with Crippen LogP contribution in [0.15, 0.2) is 0 Å². The predicted octanol–water partition coefficient (Wildman–Crippen LogP) is 3.51. The van der Waals surface area contributed by atoms with Crippen LogP contribution in [0.1, 0.15) is 65.2 Å². The van der Waals surface area contributed by atoms with E-state index in [1.807, 2.05) is 0 Å². The fourth-order valence-electron chi connectivity index (χ4n) is 2.69. The van der Waals surface area contributed by atoms with Crippen molar-refractivity contribution in [1.82, 2.24) is 0 Å². The standard InChI is InChI=1S/C12H24O/c1-3-5-9-12(13)10-7-6-8-11(12)4-2/h11,13H,3-10H2,1-2H3. The van der Waals surface area contributed by atoms with E-state index in [0.29, 0.717) is 5.92 Å². The Labute approximate surface area is 82.5 Å². The minimum absolute atomic E-state index is 0.303. The van der Waals surface area contributed by atoms with Gasteiger partial charge in [-0.2, -0.15) is 0 Å². The van der Waals surface area contributed by atoms with E-state index in [0.717, 1.165) is 19.3 Å². The highest BCUT2D eigenvalue weighted by atomic mass is 16.3. The van der Waals surface area contributed by atoms with E-state index in [-0.39, 0.29) is 5.60 Å². The van der Waals surface area contributed by atoms with Crippen molar-refractivity contribution < 1.29 is 5.11 Å². The van der Waals surface area contributed by atoms with Gasteiger partial charge in [0.15, 0.2) is 0 Å². The molecule has 1 fully saturated rings. The molecular weight excluding hydrogens is 160 g/mol. The molecule has 1 heteroatoms. The van der Waals surface area contributed by atoms with Crippen LogP contribution in [-0.2, 0) is 0 Å². The van der Waals surface area contributed by atoms with Gasteiger partial charge in [-0.25, -0.2) is 0 Å². The molecular formula is C12H24O. The molecule has 0 spiro atoms. The third-order valence-electron chi connectivity index (χ3n) is 3.63. The van der Waals surface area contributed by atoms with Gasteiger partial charge in [0, 0.05) is 0 Å². The number of hydrogen-bond acceptors (Lipinski definition) is 1. The largest absolute Gasteiger partial charge is 0.390 e. The first kappa shape index (κ1) is 11.0. The molecule has 0 bridgehead atoms. The second-order valence-corrected chi connectivity index (χ2v) is 4.56. The van der Waals surface area contributed by atoms with Crippen LogP contribution in [-0.4, -0.2) is 10.7 Å². The predicted molar refractivity (Wildman–Crippen MR) is 56.7 cm³/mol. The van der Waals surface area contributed by atoms with E-state index in [2.05, 4.69) is 13.8 Å². The van der Waals surface area contributed by atoms with E-state index in [1.54, 1.807) is 0 Å². The first-order valence-electron chi connectivity index (χ1n) is 5.95. The third-order valence-corrected chi connectivity index (χ3v) is 3.63. The lowest BCUT2D eigenvalue weighted by Crippen LogP contribution is -2.40. The minimum atomic E-state index is -0.303. The van der Waals surface area contributed by atoms with Crippen molar-refractivity contribution in [2.24, 2.45) is 5.92 Å². The monoisotopic (exact) mass is 184 g/mol. The van der Waals surface area contributed by atoms with Gasteiger partial charge in [0.25, 0.3) is 0 Å². The molecule has 1 aliphatic carbocycles. The van der Waals surface area contributed by atoms with Crippen molar-refractivity contribution in [2.75, 3.05) is 0 Å². The van der Waals surface area contributed by atoms with Crippen molar-refractivity contribution in [3.63, 3.8) is 0 Å².